The molecule has 0 saturated heterocycles. The lowest BCUT2D eigenvalue weighted by molar-refractivity contribution is -0.138. The Bertz CT molecular complexity index is 391. The van der Waals surface area contributed by atoms with E-state index in [1.165, 1.54) is 12.1 Å². The van der Waals surface area contributed by atoms with Crippen molar-refractivity contribution in [2.45, 2.75) is 12.5 Å². The average molecular weight is 245 g/mol. The van der Waals surface area contributed by atoms with Gasteiger partial charge < -0.3 is 20.3 Å². The predicted molar refractivity (Wildman–Crippen MR) is 57.6 cm³/mol. The van der Waals surface area contributed by atoms with Gasteiger partial charge >= 0.3 is 14.2 Å². The highest BCUT2D eigenvalue weighted by Crippen LogP contribution is 2.22. The number of benzene rings is 1. The van der Waals surface area contributed by atoms with Crippen LogP contribution in [0.3, 0.4) is 0 Å². The summed E-state index contributed by atoms with van der Waals surface area (Å²) in [6, 6.07) is 5.22. The van der Waals surface area contributed by atoms with Crippen LogP contribution in [0.15, 0.2) is 24.3 Å². The Morgan fingerprint density at radius 2 is 2.00 bits per heavy atom. The molecule has 0 fully saturated rings. The SMILES string of the molecule is N[C@@H](Cc1ccc(O[PH](=O)O)cc1)C(=O)O. The second kappa shape index (κ2) is 5.65. The van der Waals surface area contributed by atoms with E-state index in [0.29, 0.717) is 0 Å². The second-order valence-corrected chi connectivity index (χ2v) is 3.90. The fourth-order valence-corrected chi connectivity index (χ4v) is 1.47. The van der Waals surface area contributed by atoms with Crippen LogP contribution < -0.4 is 10.3 Å². The fourth-order valence-electron chi connectivity index (χ4n) is 1.14. The number of hydrogen-bond donors (Lipinski definition) is 3. The van der Waals surface area contributed by atoms with Crippen LogP contribution in [0, 0.1) is 0 Å². The van der Waals surface area contributed by atoms with Gasteiger partial charge in [-0.05, 0) is 24.1 Å². The van der Waals surface area contributed by atoms with E-state index in [9.17, 15) is 9.36 Å². The van der Waals surface area contributed by atoms with Crippen molar-refractivity contribution in [1.29, 1.82) is 0 Å². The molecule has 1 rings (SSSR count). The Kier molecular flexibility index (Phi) is 4.49. The maximum Gasteiger partial charge on any atom is 0.365 e. The maximum atomic E-state index is 10.5. The number of carbonyl (C=O) groups is 1. The first-order valence-electron chi connectivity index (χ1n) is 4.47. The Balaban J connectivity index is 2.64. The van der Waals surface area contributed by atoms with Crippen LogP contribution in [-0.2, 0) is 15.8 Å². The first-order valence-corrected chi connectivity index (χ1v) is 5.73. The standard InChI is InChI=1S/C9H12NO5P/c10-8(9(11)12)5-6-1-3-7(4-2-6)15-16(13)14/h1-4,8,16H,5,10H2,(H,11,12)(H,13,14)/t8-/m0/s1. The second-order valence-electron chi connectivity index (χ2n) is 3.16. The molecule has 0 aliphatic carbocycles. The smallest absolute Gasteiger partial charge is 0.365 e. The molecule has 0 radical (unpaired) electrons. The van der Waals surface area contributed by atoms with Gasteiger partial charge in [-0.3, -0.25) is 4.79 Å². The molecular weight excluding hydrogens is 233 g/mol. The summed E-state index contributed by atoms with van der Waals surface area (Å²) in [6.07, 6.45) is 0.198. The number of nitrogens with two attached hydrogens (primary N) is 1. The molecule has 2 atom stereocenters. The highest BCUT2D eigenvalue weighted by molar-refractivity contribution is 7.32. The molecule has 1 unspecified atom stereocenters. The van der Waals surface area contributed by atoms with Crippen molar-refractivity contribution in [2.75, 3.05) is 0 Å². The summed E-state index contributed by atoms with van der Waals surface area (Å²) in [5, 5.41) is 8.60. The van der Waals surface area contributed by atoms with Gasteiger partial charge in [0.05, 0.1) is 0 Å². The Labute approximate surface area is 92.6 Å². The van der Waals surface area contributed by atoms with Crippen LogP contribution >= 0.6 is 8.25 Å². The molecule has 88 valence electrons. The van der Waals surface area contributed by atoms with Crippen LogP contribution in [0.2, 0.25) is 0 Å². The van der Waals surface area contributed by atoms with E-state index in [1.54, 1.807) is 12.1 Å². The van der Waals surface area contributed by atoms with Gasteiger partial charge in [-0.2, -0.15) is 0 Å². The van der Waals surface area contributed by atoms with Gasteiger partial charge in [0.2, 0.25) is 0 Å². The lowest BCUT2D eigenvalue weighted by atomic mass is 10.1. The molecule has 1 aromatic rings. The predicted octanol–water partition coefficient (Wildman–Crippen LogP) is 0.402. The van der Waals surface area contributed by atoms with Crippen LogP contribution in [0.1, 0.15) is 5.56 Å². The quantitative estimate of drug-likeness (QED) is 0.648. The Morgan fingerprint density at radius 3 is 2.44 bits per heavy atom. The third-order valence-electron chi connectivity index (χ3n) is 1.90. The molecule has 0 amide bonds. The summed E-state index contributed by atoms with van der Waals surface area (Å²) in [7, 11) is -3.00. The van der Waals surface area contributed by atoms with Crippen molar-refractivity contribution in [1.82, 2.24) is 0 Å². The first-order chi connectivity index (χ1) is 7.49. The maximum absolute atomic E-state index is 10.5. The van der Waals surface area contributed by atoms with E-state index >= 15 is 0 Å². The number of carboxylic acid groups (broad SMARTS) is 1. The van der Waals surface area contributed by atoms with Gasteiger partial charge in [0.15, 0.2) is 0 Å². The van der Waals surface area contributed by atoms with E-state index in [4.69, 9.17) is 15.7 Å². The largest absolute Gasteiger partial charge is 0.480 e. The van der Waals surface area contributed by atoms with E-state index in [1.807, 2.05) is 0 Å². The number of hydrogen-bond acceptors (Lipinski definition) is 4. The number of aliphatic carboxylic acids is 1. The highest BCUT2D eigenvalue weighted by Gasteiger charge is 2.11. The van der Waals surface area contributed by atoms with Crippen molar-refractivity contribution in [3.05, 3.63) is 29.8 Å². The van der Waals surface area contributed by atoms with Crippen molar-refractivity contribution < 1.29 is 23.9 Å². The average Bonchev–Trinajstić information content (AvgIpc) is 2.20. The Hall–Kier alpha value is -1.36. The summed E-state index contributed by atoms with van der Waals surface area (Å²) < 4.78 is 15.0. The molecule has 7 heteroatoms. The van der Waals surface area contributed by atoms with Crippen molar-refractivity contribution in [2.24, 2.45) is 5.73 Å². The molecule has 0 spiro atoms. The van der Waals surface area contributed by atoms with Crippen LogP contribution in [0.25, 0.3) is 0 Å². The molecule has 0 aliphatic rings. The van der Waals surface area contributed by atoms with Gasteiger partial charge in [-0.15, -0.1) is 0 Å². The van der Waals surface area contributed by atoms with Crippen molar-refractivity contribution >= 4 is 14.2 Å². The van der Waals surface area contributed by atoms with Crippen LogP contribution in [0.5, 0.6) is 5.75 Å². The summed E-state index contributed by atoms with van der Waals surface area (Å²) in [5.74, 6) is -0.806. The van der Waals surface area contributed by atoms with E-state index in [2.05, 4.69) is 4.52 Å². The molecule has 6 nitrogen and oxygen atoms in total. The third kappa shape index (κ3) is 4.02. The van der Waals surface area contributed by atoms with Crippen LogP contribution in [0.4, 0.5) is 0 Å². The molecule has 0 aromatic heterocycles. The highest BCUT2D eigenvalue weighted by atomic mass is 31.1. The zero-order valence-electron chi connectivity index (χ0n) is 8.29. The summed E-state index contributed by atoms with van der Waals surface area (Å²) >= 11 is 0. The number of carboxylic acids is 1. The summed E-state index contributed by atoms with van der Waals surface area (Å²) in [5.41, 5.74) is 6.07. The van der Waals surface area contributed by atoms with Gasteiger partial charge in [0.1, 0.15) is 11.8 Å². The molecule has 1 aromatic carbocycles. The van der Waals surface area contributed by atoms with Crippen molar-refractivity contribution in [3.8, 4) is 5.75 Å². The molecule has 0 saturated carbocycles. The molecule has 16 heavy (non-hydrogen) atoms. The lowest BCUT2D eigenvalue weighted by Gasteiger charge is -2.07. The molecular formula is C9H12NO5P. The molecule has 0 aliphatic heterocycles. The van der Waals surface area contributed by atoms with Crippen LogP contribution in [-0.4, -0.2) is 22.0 Å². The number of rotatable bonds is 5. The summed E-state index contributed by atoms with van der Waals surface area (Å²) in [6.45, 7) is 0. The normalized spacial score (nSPS) is 14.1. The van der Waals surface area contributed by atoms with E-state index in [0.717, 1.165) is 5.56 Å². The minimum absolute atomic E-state index is 0.198. The van der Waals surface area contributed by atoms with Gasteiger partial charge in [0.25, 0.3) is 0 Å². The van der Waals surface area contributed by atoms with Crippen molar-refractivity contribution in [3.63, 3.8) is 0 Å². The first kappa shape index (κ1) is 12.7. The third-order valence-corrected chi connectivity index (χ3v) is 2.31. The minimum Gasteiger partial charge on any atom is -0.480 e. The van der Waals surface area contributed by atoms with E-state index < -0.39 is 20.3 Å². The van der Waals surface area contributed by atoms with Gasteiger partial charge in [0, 0.05) is 0 Å². The van der Waals surface area contributed by atoms with Gasteiger partial charge in [-0.1, -0.05) is 12.1 Å². The topological polar surface area (TPSA) is 110 Å². The monoisotopic (exact) mass is 245 g/mol. The lowest BCUT2D eigenvalue weighted by Crippen LogP contribution is -2.32. The Morgan fingerprint density at radius 1 is 1.44 bits per heavy atom. The molecule has 0 bridgehead atoms. The fraction of sp³-hybridized carbons (Fsp3) is 0.222. The molecule has 0 heterocycles. The van der Waals surface area contributed by atoms with Gasteiger partial charge in [-0.25, -0.2) is 4.57 Å². The molecule has 4 N–H and O–H groups in total. The zero-order valence-corrected chi connectivity index (χ0v) is 9.29. The zero-order chi connectivity index (χ0) is 12.1. The van der Waals surface area contributed by atoms with E-state index in [-0.39, 0.29) is 12.2 Å². The summed E-state index contributed by atoms with van der Waals surface area (Å²) in [4.78, 5) is 19.0. The minimum atomic E-state index is -3.00.